The Balaban J connectivity index is 0.00000110. The number of halogens is 5. The zero-order valence-electron chi connectivity index (χ0n) is 11.4. The minimum absolute atomic E-state index is 0. The highest BCUT2D eigenvalue weighted by atomic mass is 35.5. The van der Waals surface area contributed by atoms with E-state index in [1.54, 1.807) is 0 Å². The maximum Gasteiger partial charge on any atom is 0.161 e. The second-order valence-corrected chi connectivity index (χ2v) is 5.36. The van der Waals surface area contributed by atoms with Crippen LogP contribution in [0.5, 0.6) is 0 Å². The van der Waals surface area contributed by atoms with Crippen molar-refractivity contribution < 1.29 is 13.2 Å². The minimum atomic E-state index is -1.11. The van der Waals surface area contributed by atoms with Crippen LogP contribution in [0.1, 0.15) is 24.4 Å². The lowest BCUT2D eigenvalue weighted by Crippen LogP contribution is -2.45. The van der Waals surface area contributed by atoms with Gasteiger partial charge < -0.3 is 5.32 Å². The average Bonchev–Trinajstić information content (AvgIpc) is 3.22. The van der Waals surface area contributed by atoms with Gasteiger partial charge in [-0.25, -0.2) is 13.2 Å². The van der Waals surface area contributed by atoms with E-state index in [2.05, 4.69) is 10.2 Å². The van der Waals surface area contributed by atoms with Gasteiger partial charge in [0.05, 0.1) is 0 Å². The summed E-state index contributed by atoms with van der Waals surface area (Å²) in [5, 5.41) is 3.25. The van der Waals surface area contributed by atoms with Crippen molar-refractivity contribution in [2.75, 3.05) is 26.2 Å². The fraction of sp³-hybridized carbons (Fsp3) is 0.571. The summed E-state index contributed by atoms with van der Waals surface area (Å²) in [6.45, 7) is 3.35. The predicted molar refractivity (Wildman–Crippen MR) is 80.7 cm³/mol. The monoisotopic (exact) mass is 342 g/mol. The summed E-state index contributed by atoms with van der Waals surface area (Å²) in [6.07, 6.45) is 2.07. The van der Waals surface area contributed by atoms with Gasteiger partial charge in [0.25, 0.3) is 0 Å². The van der Waals surface area contributed by atoms with Crippen LogP contribution in [-0.4, -0.2) is 31.1 Å². The molecule has 2 aliphatic rings. The Bertz CT molecular complexity index is 478. The number of rotatable bonds is 3. The summed E-state index contributed by atoms with van der Waals surface area (Å²) in [6, 6.07) is 1.59. The molecule has 7 heteroatoms. The topological polar surface area (TPSA) is 15.3 Å². The quantitative estimate of drug-likeness (QED) is 0.848. The third-order valence-corrected chi connectivity index (χ3v) is 3.97. The molecule has 0 unspecified atom stereocenters. The molecule has 0 radical (unpaired) electrons. The third-order valence-electron chi connectivity index (χ3n) is 3.97. The van der Waals surface area contributed by atoms with Crippen LogP contribution in [0, 0.1) is 23.4 Å². The molecule has 21 heavy (non-hydrogen) atoms. The molecule has 1 aliphatic heterocycles. The van der Waals surface area contributed by atoms with Crippen molar-refractivity contribution in [1.82, 2.24) is 10.2 Å². The van der Waals surface area contributed by atoms with Crippen LogP contribution < -0.4 is 5.32 Å². The molecule has 1 aliphatic carbocycles. The van der Waals surface area contributed by atoms with Gasteiger partial charge in [0.2, 0.25) is 0 Å². The summed E-state index contributed by atoms with van der Waals surface area (Å²) in [5.41, 5.74) is 0.309. The summed E-state index contributed by atoms with van der Waals surface area (Å²) in [7, 11) is 0. The number of nitrogens with one attached hydrogen (secondary N) is 1. The lowest BCUT2D eigenvalue weighted by atomic mass is 9.99. The molecule has 1 aromatic rings. The zero-order valence-corrected chi connectivity index (χ0v) is 13.1. The Hall–Kier alpha value is -0.490. The Kier molecular flexibility index (Phi) is 6.78. The Morgan fingerprint density at radius 1 is 0.952 bits per heavy atom. The summed E-state index contributed by atoms with van der Waals surface area (Å²) >= 11 is 0. The smallest absolute Gasteiger partial charge is 0.161 e. The van der Waals surface area contributed by atoms with Crippen molar-refractivity contribution in [1.29, 1.82) is 0 Å². The van der Waals surface area contributed by atoms with Gasteiger partial charge in [-0.3, -0.25) is 4.90 Å². The van der Waals surface area contributed by atoms with Gasteiger partial charge in [0.15, 0.2) is 11.6 Å². The van der Waals surface area contributed by atoms with Crippen molar-refractivity contribution in [3.63, 3.8) is 0 Å². The normalized spacial score (nSPS) is 20.3. The van der Waals surface area contributed by atoms with Crippen molar-refractivity contribution in [2.24, 2.45) is 5.92 Å². The Morgan fingerprint density at radius 2 is 1.52 bits per heavy atom. The third kappa shape index (κ3) is 4.03. The molecule has 1 saturated carbocycles. The highest BCUT2D eigenvalue weighted by Crippen LogP contribution is 2.45. The summed E-state index contributed by atoms with van der Waals surface area (Å²) in [5.74, 6) is -2.33. The second-order valence-electron chi connectivity index (χ2n) is 5.36. The minimum Gasteiger partial charge on any atom is -0.314 e. The molecular weight excluding hydrogens is 324 g/mol. The number of hydrogen-bond donors (Lipinski definition) is 1. The van der Waals surface area contributed by atoms with E-state index in [1.165, 1.54) is 0 Å². The van der Waals surface area contributed by atoms with E-state index in [4.69, 9.17) is 0 Å². The second kappa shape index (κ2) is 7.68. The SMILES string of the molecule is Cl.Cl.Fc1cc(F)c([C@@H](C2CC2)N2CCNCC2)cc1F. The van der Waals surface area contributed by atoms with Gasteiger partial charge in [0, 0.05) is 43.9 Å². The lowest BCUT2D eigenvalue weighted by molar-refractivity contribution is 0.152. The van der Waals surface area contributed by atoms with Crippen molar-refractivity contribution in [2.45, 2.75) is 18.9 Å². The largest absolute Gasteiger partial charge is 0.314 e. The molecule has 1 atom stereocenters. The molecule has 1 aromatic carbocycles. The van der Waals surface area contributed by atoms with Gasteiger partial charge in [-0.05, 0) is 24.8 Å². The first kappa shape index (κ1) is 18.6. The van der Waals surface area contributed by atoms with Crippen LogP contribution in [0.2, 0.25) is 0 Å². The number of piperazine rings is 1. The average molecular weight is 343 g/mol. The first-order valence-electron chi connectivity index (χ1n) is 6.76. The highest BCUT2D eigenvalue weighted by molar-refractivity contribution is 5.85. The van der Waals surface area contributed by atoms with E-state index in [9.17, 15) is 13.2 Å². The van der Waals surface area contributed by atoms with Gasteiger partial charge in [-0.15, -0.1) is 24.8 Å². The molecule has 0 spiro atoms. The summed E-state index contributed by atoms with van der Waals surface area (Å²) < 4.78 is 40.4. The van der Waals surface area contributed by atoms with Gasteiger partial charge in [0.1, 0.15) is 5.82 Å². The molecule has 120 valence electrons. The molecule has 0 amide bonds. The van der Waals surface area contributed by atoms with E-state index < -0.39 is 17.5 Å². The fourth-order valence-corrected chi connectivity index (χ4v) is 2.89. The Labute approximate surface area is 134 Å². The van der Waals surface area contributed by atoms with Crippen LogP contribution in [-0.2, 0) is 0 Å². The van der Waals surface area contributed by atoms with E-state index in [0.717, 1.165) is 45.1 Å². The van der Waals surface area contributed by atoms with Crippen LogP contribution in [0.4, 0.5) is 13.2 Å². The zero-order chi connectivity index (χ0) is 13.4. The molecule has 2 nitrogen and oxygen atoms in total. The van der Waals surface area contributed by atoms with Gasteiger partial charge in [-0.2, -0.15) is 0 Å². The van der Waals surface area contributed by atoms with Crippen LogP contribution in [0.25, 0.3) is 0 Å². The van der Waals surface area contributed by atoms with E-state index in [0.29, 0.717) is 17.5 Å². The first-order chi connectivity index (χ1) is 9.16. The standard InChI is InChI=1S/C14H17F3N2.2ClH/c15-11-8-13(17)12(16)7-10(11)14(9-1-2-9)19-5-3-18-4-6-19;;/h7-9,14,18H,1-6H2;2*1H/t14-;;/m1../s1. The van der Waals surface area contributed by atoms with Crippen molar-refractivity contribution in [3.8, 4) is 0 Å². The highest BCUT2D eigenvalue weighted by Gasteiger charge is 2.38. The fourth-order valence-electron chi connectivity index (χ4n) is 2.89. The lowest BCUT2D eigenvalue weighted by Gasteiger charge is -2.35. The molecule has 1 N–H and O–H groups in total. The van der Waals surface area contributed by atoms with Crippen LogP contribution >= 0.6 is 24.8 Å². The van der Waals surface area contributed by atoms with Gasteiger partial charge in [-0.1, -0.05) is 0 Å². The molecule has 0 aromatic heterocycles. The molecule has 2 fully saturated rings. The van der Waals surface area contributed by atoms with E-state index in [-0.39, 0.29) is 30.9 Å². The number of hydrogen-bond acceptors (Lipinski definition) is 2. The number of nitrogens with zero attached hydrogens (tertiary/aromatic N) is 1. The molecular formula is C14H19Cl2F3N2. The van der Waals surface area contributed by atoms with Crippen molar-refractivity contribution >= 4 is 24.8 Å². The van der Waals surface area contributed by atoms with E-state index in [1.807, 2.05) is 0 Å². The Morgan fingerprint density at radius 3 is 2.10 bits per heavy atom. The molecule has 1 heterocycles. The van der Waals surface area contributed by atoms with Crippen LogP contribution in [0.15, 0.2) is 12.1 Å². The molecule has 3 rings (SSSR count). The van der Waals surface area contributed by atoms with Gasteiger partial charge >= 0.3 is 0 Å². The maximum absolute atomic E-state index is 14.0. The maximum atomic E-state index is 14.0. The van der Waals surface area contributed by atoms with E-state index >= 15 is 0 Å². The van der Waals surface area contributed by atoms with Crippen LogP contribution in [0.3, 0.4) is 0 Å². The van der Waals surface area contributed by atoms with Crippen molar-refractivity contribution in [3.05, 3.63) is 35.1 Å². The predicted octanol–water partition coefficient (Wildman–Crippen LogP) is 3.30. The first-order valence-corrected chi connectivity index (χ1v) is 6.76. The summed E-state index contributed by atoms with van der Waals surface area (Å²) in [4.78, 5) is 2.18. The number of benzene rings is 1. The molecule has 0 bridgehead atoms. The molecule has 1 saturated heterocycles.